The highest BCUT2D eigenvalue weighted by Crippen LogP contribution is 2.72. The van der Waals surface area contributed by atoms with Gasteiger partial charge in [-0.1, -0.05) is 93.4 Å². The first-order chi connectivity index (χ1) is 20.1. The van der Waals surface area contributed by atoms with E-state index >= 15 is 0 Å². The highest BCUT2D eigenvalue weighted by atomic mass is 79.9. The van der Waals surface area contributed by atoms with E-state index in [2.05, 4.69) is 42.1 Å². The smallest absolute Gasteiger partial charge is 0.245 e. The van der Waals surface area contributed by atoms with Crippen LogP contribution in [0.4, 0.5) is 5.69 Å². The van der Waals surface area contributed by atoms with E-state index in [0.29, 0.717) is 23.7 Å². The van der Waals surface area contributed by atoms with Crippen LogP contribution >= 0.6 is 15.9 Å². The Kier molecular flexibility index (Phi) is 8.83. The third-order valence-corrected chi connectivity index (χ3v) is 15.4. The lowest BCUT2D eigenvalue weighted by Gasteiger charge is -2.67. The van der Waals surface area contributed by atoms with E-state index in [-0.39, 0.29) is 33.6 Å². The normalized spacial score (nSPS) is 44.8. The first kappa shape index (κ1) is 30.9. The second-order valence-electron chi connectivity index (χ2n) is 15.5. The summed E-state index contributed by atoms with van der Waals surface area (Å²) in [4.78, 5) is 13.9. The van der Waals surface area contributed by atoms with Gasteiger partial charge in [0.1, 0.15) is 6.17 Å². The largest absolute Gasteiger partial charge is 0.393 e. The van der Waals surface area contributed by atoms with Crippen molar-refractivity contribution in [1.29, 1.82) is 0 Å². The number of hydrogen-bond acceptors (Lipinski definition) is 4. The van der Waals surface area contributed by atoms with Crippen LogP contribution in [0.5, 0.6) is 0 Å². The number of carbonyl (C=O) groups is 1. The number of fused-ring (bicyclic) bond motifs is 5. The van der Waals surface area contributed by atoms with Gasteiger partial charge in [0.2, 0.25) is 5.91 Å². The number of nitrogens with one attached hydrogen (secondary N) is 1. The highest BCUT2D eigenvalue weighted by Gasteiger charge is 2.69. The van der Waals surface area contributed by atoms with Gasteiger partial charge >= 0.3 is 0 Å². The zero-order valence-corrected chi connectivity index (χ0v) is 28.0. The van der Waals surface area contributed by atoms with Crippen LogP contribution in [0.3, 0.4) is 0 Å². The summed E-state index contributed by atoms with van der Waals surface area (Å²) in [7, 11) is 0. The third kappa shape index (κ3) is 4.98. The molecule has 4 N–H and O–H groups in total. The first-order valence-electron chi connectivity index (χ1n) is 17.4. The van der Waals surface area contributed by atoms with Crippen molar-refractivity contribution in [2.24, 2.45) is 52.1 Å². The van der Waals surface area contributed by atoms with Crippen molar-refractivity contribution in [3.05, 3.63) is 30.3 Å². The lowest BCUT2D eigenvalue weighted by Crippen LogP contribution is -2.66. The zero-order chi connectivity index (χ0) is 29.7. The van der Waals surface area contributed by atoms with Crippen molar-refractivity contribution in [2.75, 3.05) is 5.01 Å². The third-order valence-electron chi connectivity index (χ3n) is 13.6. The summed E-state index contributed by atoms with van der Waals surface area (Å²) in [5.74, 6) is 2.65. The monoisotopic (exact) mass is 641 g/mol. The van der Waals surface area contributed by atoms with E-state index in [0.717, 1.165) is 36.8 Å². The van der Waals surface area contributed by atoms with Gasteiger partial charge in [0, 0.05) is 4.32 Å². The zero-order valence-electron chi connectivity index (χ0n) is 26.4. The molecule has 0 bridgehead atoms. The Morgan fingerprint density at radius 1 is 0.976 bits per heavy atom. The maximum Gasteiger partial charge on any atom is 0.245 e. The topological polar surface area (TPSA) is 78.6 Å². The predicted molar refractivity (Wildman–Crippen MR) is 175 cm³/mol. The number of benzene rings is 1. The van der Waals surface area contributed by atoms with Gasteiger partial charge in [-0.05, 0) is 110 Å². The summed E-state index contributed by atoms with van der Waals surface area (Å²) in [5.41, 5.74) is 11.6. The van der Waals surface area contributed by atoms with Crippen LogP contribution in [-0.4, -0.2) is 27.6 Å². The van der Waals surface area contributed by atoms with E-state index in [1.165, 1.54) is 70.6 Å². The van der Waals surface area contributed by atoms with Crippen LogP contribution in [0.1, 0.15) is 117 Å². The summed E-state index contributed by atoms with van der Waals surface area (Å²) in [5, 5.41) is 12.9. The molecule has 11 unspecified atom stereocenters. The number of alkyl halides is 1. The minimum atomic E-state index is -0.432. The SMILES string of the molecule is CCCCCCCCC1CCC2C3CC(C4C(=O)NN(c5ccccc5)C4N)C4(Br)CC(O)CCC4(C)C3CCC12C. The number of rotatable bonds is 9. The Hall–Kier alpha value is -1.11. The lowest BCUT2D eigenvalue weighted by molar-refractivity contribution is -0.149. The van der Waals surface area contributed by atoms with E-state index in [9.17, 15) is 9.90 Å². The molecule has 0 radical (unpaired) electrons. The Balaban J connectivity index is 1.27. The molecule has 0 aromatic heterocycles. The van der Waals surface area contributed by atoms with Crippen LogP contribution in [-0.2, 0) is 4.79 Å². The number of nitrogens with zero attached hydrogens (tertiary/aromatic N) is 1. The molecule has 5 fully saturated rings. The van der Waals surface area contributed by atoms with Crippen molar-refractivity contribution in [1.82, 2.24) is 5.43 Å². The molecule has 234 valence electrons. The van der Waals surface area contributed by atoms with Gasteiger partial charge in [0.15, 0.2) is 0 Å². The molecule has 1 aromatic carbocycles. The van der Waals surface area contributed by atoms with E-state index < -0.39 is 6.17 Å². The van der Waals surface area contributed by atoms with Crippen LogP contribution in [0.25, 0.3) is 0 Å². The van der Waals surface area contributed by atoms with Crippen LogP contribution < -0.4 is 16.2 Å². The molecule has 5 nitrogen and oxygen atoms in total. The number of anilines is 1. The molecule has 6 heteroatoms. The standard InChI is InChI=1S/C36H56BrN3O2/c1-4-5-6-7-8-10-13-24-16-17-28-27-22-30(31-32(38)40(39-33(31)42)25-14-11-9-12-15-25)36(37)23-26(41)18-21-35(36,3)29(27)19-20-34(24,28)2/h9,11-12,14-15,24,26-32,41H,4-8,10,13,16-23,38H2,1-3H3,(H,39,42). The molecule has 6 rings (SSSR count). The molecule has 42 heavy (non-hydrogen) atoms. The molecule has 1 amide bonds. The molecular formula is C36H56BrN3O2. The summed E-state index contributed by atoms with van der Waals surface area (Å²) >= 11 is 4.38. The molecular weight excluding hydrogens is 586 g/mol. The van der Waals surface area contributed by atoms with E-state index in [4.69, 9.17) is 5.73 Å². The molecule has 1 heterocycles. The second kappa shape index (κ2) is 12.0. The maximum absolute atomic E-state index is 13.9. The Labute approximate surface area is 263 Å². The summed E-state index contributed by atoms with van der Waals surface area (Å²) in [6.07, 6.45) is 17.9. The second-order valence-corrected chi connectivity index (χ2v) is 16.9. The Morgan fingerprint density at radius 2 is 1.71 bits per heavy atom. The lowest BCUT2D eigenvalue weighted by atomic mass is 9.41. The van der Waals surface area contributed by atoms with Gasteiger partial charge in [-0.2, -0.15) is 0 Å². The number of nitrogens with two attached hydrogens (primary N) is 1. The van der Waals surface area contributed by atoms with Crippen molar-refractivity contribution in [3.8, 4) is 0 Å². The number of halogens is 1. The fourth-order valence-corrected chi connectivity index (χ4v) is 12.7. The molecule has 4 saturated carbocycles. The highest BCUT2D eigenvalue weighted by molar-refractivity contribution is 9.10. The minimum absolute atomic E-state index is 0.0404. The summed E-state index contributed by atoms with van der Waals surface area (Å²) in [6, 6.07) is 10.0. The fraction of sp³-hybridized carbons (Fsp3) is 0.806. The van der Waals surface area contributed by atoms with E-state index in [1.807, 2.05) is 35.3 Å². The molecule has 1 aromatic rings. The molecule has 0 spiro atoms. The van der Waals surface area contributed by atoms with Gasteiger partial charge in [-0.25, -0.2) is 0 Å². The number of aliphatic hydroxyl groups is 1. The molecule has 4 aliphatic carbocycles. The van der Waals surface area contributed by atoms with Crippen LogP contribution in [0, 0.1) is 46.3 Å². The van der Waals surface area contributed by atoms with Crippen molar-refractivity contribution in [2.45, 2.75) is 134 Å². The van der Waals surface area contributed by atoms with Crippen molar-refractivity contribution in [3.63, 3.8) is 0 Å². The van der Waals surface area contributed by atoms with Crippen LogP contribution in [0.15, 0.2) is 30.3 Å². The Morgan fingerprint density at radius 3 is 2.48 bits per heavy atom. The quantitative estimate of drug-likeness (QED) is 0.189. The van der Waals surface area contributed by atoms with Gasteiger partial charge in [0.25, 0.3) is 0 Å². The van der Waals surface area contributed by atoms with Crippen molar-refractivity contribution >= 4 is 27.5 Å². The molecule has 1 saturated heterocycles. The summed E-state index contributed by atoms with van der Waals surface area (Å²) in [6.45, 7) is 7.45. The number of amides is 1. The average molecular weight is 643 g/mol. The first-order valence-corrected chi connectivity index (χ1v) is 18.2. The molecule has 11 atom stereocenters. The van der Waals surface area contributed by atoms with Crippen LogP contribution in [0.2, 0.25) is 0 Å². The fourth-order valence-electron chi connectivity index (χ4n) is 11.3. The Bertz CT molecular complexity index is 1100. The van der Waals surface area contributed by atoms with E-state index in [1.54, 1.807) is 0 Å². The number of carbonyl (C=O) groups excluding carboxylic acids is 1. The summed E-state index contributed by atoms with van der Waals surface area (Å²) < 4.78 is -0.296. The average Bonchev–Trinajstić information content (AvgIpc) is 3.46. The number of hydrogen-bond donors (Lipinski definition) is 3. The van der Waals surface area contributed by atoms with Gasteiger partial charge in [-0.3, -0.25) is 15.2 Å². The number of unbranched alkanes of at least 4 members (excludes halogenated alkanes) is 5. The minimum Gasteiger partial charge on any atom is -0.393 e. The van der Waals surface area contributed by atoms with Gasteiger partial charge in [-0.15, -0.1) is 0 Å². The van der Waals surface area contributed by atoms with Gasteiger partial charge < -0.3 is 10.8 Å². The number of para-hydroxylation sites is 1. The predicted octanol–water partition coefficient (Wildman–Crippen LogP) is 7.95. The number of aliphatic hydroxyl groups excluding tert-OH is 1. The molecule has 1 aliphatic heterocycles. The van der Waals surface area contributed by atoms with Gasteiger partial charge in [0.05, 0.1) is 17.7 Å². The molecule has 5 aliphatic rings. The maximum atomic E-state index is 13.9. The number of hydrazine groups is 1. The van der Waals surface area contributed by atoms with Crippen molar-refractivity contribution < 1.29 is 9.90 Å².